The molecule has 0 aliphatic rings. The topological polar surface area (TPSA) is 89.9 Å². The fourth-order valence-electron chi connectivity index (χ4n) is 1.46. The average molecular weight is 252 g/mol. The largest absolute Gasteiger partial charge is 0.480 e. The third-order valence-corrected chi connectivity index (χ3v) is 2.26. The van der Waals surface area contributed by atoms with E-state index in [9.17, 15) is 9.59 Å². The van der Waals surface area contributed by atoms with E-state index in [0.717, 1.165) is 5.69 Å². The molecule has 0 unspecified atom stereocenters. The summed E-state index contributed by atoms with van der Waals surface area (Å²) in [4.78, 5) is 23.5. The van der Waals surface area contributed by atoms with Gasteiger partial charge in [-0.2, -0.15) is 0 Å². The summed E-state index contributed by atoms with van der Waals surface area (Å²) in [5, 5.41) is 19.7. The Morgan fingerprint density at radius 3 is 2.44 bits per heavy atom. The van der Waals surface area contributed by atoms with Gasteiger partial charge in [-0.15, -0.1) is 0 Å². The summed E-state index contributed by atoms with van der Waals surface area (Å²) in [7, 11) is 0. The molecule has 98 valence electrons. The lowest BCUT2D eigenvalue weighted by atomic mass is 10.3. The number of nitrogens with zero attached hydrogens (tertiary/aromatic N) is 1. The molecule has 0 radical (unpaired) electrons. The fourth-order valence-corrected chi connectivity index (χ4v) is 1.46. The molecule has 0 saturated carbocycles. The molecule has 18 heavy (non-hydrogen) atoms. The van der Waals surface area contributed by atoms with E-state index in [4.69, 9.17) is 10.2 Å². The molecule has 0 aliphatic carbocycles. The Bertz CT molecular complexity index is 394. The number of carbonyl (C=O) groups excluding carboxylic acids is 1. The number of hydrogen-bond acceptors (Lipinski definition) is 4. The van der Waals surface area contributed by atoms with E-state index in [1.54, 1.807) is 4.90 Å². The third-order valence-electron chi connectivity index (χ3n) is 2.26. The molecule has 0 saturated heterocycles. The lowest BCUT2D eigenvalue weighted by Gasteiger charge is -2.23. The van der Waals surface area contributed by atoms with E-state index in [0.29, 0.717) is 6.54 Å². The van der Waals surface area contributed by atoms with Gasteiger partial charge in [0.1, 0.15) is 6.54 Å². The van der Waals surface area contributed by atoms with Gasteiger partial charge in [-0.05, 0) is 12.1 Å². The monoisotopic (exact) mass is 252 g/mol. The van der Waals surface area contributed by atoms with E-state index < -0.39 is 18.4 Å². The smallest absolute Gasteiger partial charge is 0.322 e. The molecule has 6 nitrogen and oxygen atoms in total. The number of amides is 1. The van der Waals surface area contributed by atoms with Gasteiger partial charge in [-0.3, -0.25) is 9.59 Å². The van der Waals surface area contributed by atoms with Gasteiger partial charge < -0.3 is 20.4 Å². The van der Waals surface area contributed by atoms with Crippen molar-refractivity contribution in [3.05, 3.63) is 30.3 Å². The van der Waals surface area contributed by atoms with E-state index in [2.05, 4.69) is 5.32 Å². The number of nitrogens with one attached hydrogen (secondary N) is 1. The highest BCUT2D eigenvalue weighted by molar-refractivity contribution is 5.84. The maximum absolute atomic E-state index is 11.5. The summed E-state index contributed by atoms with van der Waals surface area (Å²) in [6, 6.07) is 9.15. The van der Waals surface area contributed by atoms with Gasteiger partial charge in [0.05, 0.1) is 13.2 Å². The van der Waals surface area contributed by atoms with E-state index >= 15 is 0 Å². The van der Waals surface area contributed by atoms with Crippen LogP contribution in [0.15, 0.2) is 30.3 Å². The summed E-state index contributed by atoms with van der Waals surface area (Å²) in [5.41, 5.74) is 0.803. The molecular formula is C12H16N2O4. The van der Waals surface area contributed by atoms with Crippen molar-refractivity contribution in [1.29, 1.82) is 0 Å². The number of anilines is 1. The third kappa shape index (κ3) is 4.84. The highest BCUT2D eigenvalue weighted by Gasteiger charge is 2.11. The molecule has 0 heterocycles. The summed E-state index contributed by atoms with van der Waals surface area (Å²) in [5.74, 6) is -1.48. The van der Waals surface area contributed by atoms with Crippen LogP contribution in [0, 0.1) is 0 Å². The SMILES string of the molecule is O=C(O)CNC(=O)CN(CCO)c1ccccc1. The number of carboxylic acid groups (broad SMARTS) is 1. The number of rotatable bonds is 7. The average Bonchev–Trinajstić information content (AvgIpc) is 2.37. The molecule has 0 spiro atoms. The van der Waals surface area contributed by atoms with Crippen LogP contribution in [-0.2, 0) is 9.59 Å². The van der Waals surface area contributed by atoms with Crippen LogP contribution < -0.4 is 10.2 Å². The molecule has 0 aliphatic heterocycles. The van der Waals surface area contributed by atoms with E-state index in [1.807, 2.05) is 30.3 Å². The van der Waals surface area contributed by atoms with Gasteiger partial charge in [0.15, 0.2) is 0 Å². The predicted octanol–water partition coefficient (Wildman–Crippen LogP) is -0.314. The van der Waals surface area contributed by atoms with Crippen molar-refractivity contribution in [2.24, 2.45) is 0 Å². The van der Waals surface area contributed by atoms with Gasteiger partial charge in [0.25, 0.3) is 0 Å². The molecule has 6 heteroatoms. The Labute approximate surface area is 105 Å². The Balaban J connectivity index is 2.58. The van der Waals surface area contributed by atoms with Crippen molar-refractivity contribution in [2.45, 2.75) is 0 Å². The summed E-state index contributed by atoms with van der Waals surface area (Å²) >= 11 is 0. The Morgan fingerprint density at radius 1 is 1.22 bits per heavy atom. The zero-order valence-corrected chi connectivity index (χ0v) is 9.87. The van der Waals surface area contributed by atoms with Crippen molar-refractivity contribution < 1.29 is 19.8 Å². The van der Waals surface area contributed by atoms with Crippen molar-refractivity contribution in [1.82, 2.24) is 5.32 Å². The van der Waals surface area contributed by atoms with Crippen LogP contribution in [0.4, 0.5) is 5.69 Å². The van der Waals surface area contributed by atoms with Crippen LogP contribution in [0.1, 0.15) is 0 Å². The zero-order valence-electron chi connectivity index (χ0n) is 9.87. The molecular weight excluding hydrogens is 236 g/mol. The van der Waals surface area contributed by atoms with Crippen LogP contribution in [0.2, 0.25) is 0 Å². The van der Waals surface area contributed by atoms with Crippen molar-refractivity contribution in [3.8, 4) is 0 Å². The Kier molecular flexibility index (Phi) is 5.66. The van der Waals surface area contributed by atoms with Crippen LogP contribution in [0.3, 0.4) is 0 Å². The minimum Gasteiger partial charge on any atom is -0.480 e. The number of para-hydroxylation sites is 1. The first-order valence-corrected chi connectivity index (χ1v) is 5.53. The second kappa shape index (κ2) is 7.29. The normalized spacial score (nSPS) is 9.83. The minimum atomic E-state index is -1.09. The highest BCUT2D eigenvalue weighted by atomic mass is 16.4. The molecule has 1 rings (SSSR count). The van der Waals surface area contributed by atoms with Gasteiger partial charge >= 0.3 is 5.97 Å². The quantitative estimate of drug-likeness (QED) is 0.619. The summed E-state index contributed by atoms with van der Waals surface area (Å²) < 4.78 is 0. The summed E-state index contributed by atoms with van der Waals surface area (Å²) in [6.07, 6.45) is 0. The number of hydrogen-bond donors (Lipinski definition) is 3. The molecule has 0 fully saturated rings. The summed E-state index contributed by atoms with van der Waals surface area (Å²) in [6.45, 7) is -0.163. The van der Waals surface area contributed by atoms with Crippen molar-refractivity contribution in [3.63, 3.8) is 0 Å². The van der Waals surface area contributed by atoms with Crippen LogP contribution >= 0.6 is 0 Å². The fraction of sp³-hybridized carbons (Fsp3) is 0.333. The van der Waals surface area contributed by atoms with Gasteiger partial charge in [0, 0.05) is 12.2 Å². The first-order valence-electron chi connectivity index (χ1n) is 5.53. The number of benzene rings is 1. The molecule has 1 amide bonds. The second-order valence-electron chi connectivity index (χ2n) is 3.65. The maximum Gasteiger partial charge on any atom is 0.322 e. The van der Waals surface area contributed by atoms with Crippen molar-refractivity contribution in [2.75, 3.05) is 31.1 Å². The number of aliphatic carboxylic acids is 1. The van der Waals surface area contributed by atoms with Crippen molar-refractivity contribution >= 4 is 17.6 Å². The molecule has 3 N–H and O–H groups in total. The first-order chi connectivity index (χ1) is 8.63. The highest BCUT2D eigenvalue weighted by Crippen LogP contribution is 2.11. The molecule has 1 aromatic rings. The predicted molar refractivity (Wildman–Crippen MR) is 66.4 cm³/mol. The maximum atomic E-state index is 11.5. The zero-order chi connectivity index (χ0) is 13.4. The molecule has 0 aromatic heterocycles. The number of aliphatic hydroxyl groups is 1. The van der Waals surface area contributed by atoms with Crippen LogP contribution in [0.25, 0.3) is 0 Å². The molecule has 1 aromatic carbocycles. The number of aliphatic hydroxyl groups excluding tert-OH is 1. The van der Waals surface area contributed by atoms with Crippen LogP contribution in [-0.4, -0.2) is 48.3 Å². The standard InChI is InChI=1S/C12H16N2O4/c15-7-6-14(10-4-2-1-3-5-10)9-11(16)13-8-12(17)18/h1-5,15H,6-9H2,(H,13,16)(H,17,18). The van der Waals surface area contributed by atoms with Gasteiger partial charge in [-0.1, -0.05) is 18.2 Å². The molecule has 0 atom stereocenters. The first kappa shape index (κ1) is 14.0. The second-order valence-corrected chi connectivity index (χ2v) is 3.65. The van der Waals surface area contributed by atoms with E-state index in [-0.39, 0.29) is 13.2 Å². The van der Waals surface area contributed by atoms with E-state index in [1.165, 1.54) is 0 Å². The molecule has 0 bridgehead atoms. The van der Waals surface area contributed by atoms with Gasteiger partial charge in [0.2, 0.25) is 5.91 Å². The lowest BCUT2D eigenvalue weighted by molar-refractivity contribution is -0.137. The van der Waals surface area contributed by atoms with Crippen LogP contribution in [0.5, 0.6) is 0 Å². The van der Waals surface area contributed by atoms with Gasteiger partial charge in [-0.25, -0.2) is 0 Å². The number of carboxylic acids is 1. The minimum absolute atomic E-state index is 0.0118. The lowest BCUT2D eigenvalue weighted by Crippen LogP contribution is -2.40. The Morgan fingerprint density at radius 2 is 1.89 bits per heavy atom. The number of carbonyl (C=O) groups is 2. The Hall–Kier alpha value is -2.08.